The van der Waals surface area contributed by atoms with E-state index in [1.165, 1.54) is 23.3 Å². The normalized spacial score (nSPS) is 11.9. The summed E-state index contributed by atoms with van der Waals surface area (Å²) in [5.74, 6) is -0.538. The van der Waals surface area contributed by atoms with Crippen molar-refractivity contribution < 1.29 is 9.18 Å². The molecule has 37 heavy (non-hydrogen) atoms. The van der Waals surface area contributed by atoms with E-state index in [0.717, 1.165) is 34.3 Å². The van der Waals surface area contributed by atoms with Crippen LogP contribution in [0.25, 0.3) is 10.9 Å². The number of nitrogens with zero attached hydrogens (tertiary/aromatic N) is 2. The number of carbonyl (C=O) groups excluding carboxylic acids is 1. The molecule has 3 aromatic carbocycles. The second-order valence-corrected chi connectivity index (χ2v) is 9.44. The minimum atomic E-state index is -0.288. The Morgan fingerprint density at radius 1 is 0.946 bits per heavy atom. The van der Waals surface area contributed by atoms with Crippen molar-refractivity contribution in [3.05, 3.63) is 137 Å². The quantitative estimate of drug-likeness (QED) is 0.259. The van der Waals surface area contributed by atoms with Crippen LogP contribution in [0.2, 0.25) is 0 Å². The third-order valence-corrected chi connectivity index (χ3v) is 6.76. The van der Waals surface area contributed by atoms with Crippen molar-refractivity contribution in [3.8, 4) is 0 Å². The van der Waals surface area contributed by atoms with Crippen LogP contribution in [-0.4, -0.2) is 22.0 Å². The topological polar surface area (TPSA) is 46.9 Å². The van der Waals surface area contributed by atoms with Crippen LogP contribution >= 0.6 is 0 Å². The molecule has 0 aliphatic heterocycles. The van der Waals surface area contributed by atoms with Crippen molar-refractivity contribution in [2.75, 3.05) is 6.54 Å². The van der Waals surface area contributed by atoms with Crippen molar-refractivity contribution in [1.29, 1.82) is 0 Å². The molecule has 0 radical (unpaired) electrons. The maximum atomic E-state index is 13.8. The summed E-state index contributed by atoms with van der Waals surface area (Å²) in [6, 6.07) is 29.1. The summed E-state index contributed by atoms with van der Waals surface area (Å²) in [6.45, 7) is 3.33. The van der Waals surface area contributed by atoms with Gasteiger partial charge < -0.3 is 9.88 Å². The first-order valence-electron chi connectivity index (χ1n) is 12.6. The van der Waals surface area contributed by atoms with E-state index in [4.69, 9.17) is 0 Å². The van der Waals surface area contributed by atoms with E-state index in [9.17, 15) is 9.18 Å². The third-order valence-electron chi connectivity index (χ3n) is 6.76. The number of aryl methyl sites for hydroxylation is 1. The Bertz CT molecular complexity index is 1470. The molecule has 186 valence electrons. The Hall–Kier alpha value is -4.25. The third kappa shape index (κ3) is 5.95. The summed E-state index contributed by atoms with van der Waals surface area (Å²) in [6.07, 6.45) is 4.85. The lowest BCUT2D eigenvalue weighted by molar-refractivity contribution is -0.121. The molecule has 2 heterocycles. The highest BCUT2D eigenvalue weighted by Crippen LogP contribution is 2.35. The number of aromatic nitrogens is 2. The lowest BCUT2D eigenvalue weighted by Gasteiger charge is -2.17. The average Bonchev–Trinajstić information content (AvgIpc) is 3.28. The number of hydrogen-bond donors (Lipinski definition) is 1. The van der Waals surface area contributed by atoms with Gasteiger partial charge in [0.2, 0.25) is 5.91 Å². The second-order valence-electron chi connectivity index (χ2n) is 9.44. The Kier molecular flexibility index (Phi) is 7.41. The molecular weight excluding hydrogens is 461 g/mol. The molecule has 2 aromatic heterocycles. The van der Waals surface area contributed by atoms with Crippen LogP contribution in [0.4, 0.5) is 4.39 Å². The van der Waals surface area contributed by atoms with Gasteiger partial charge in [0.15, 0.2) is 0 Å². The molecule has 1 amide bonds. The van der Waals surface area contributed by atoms with Gasteiger partial charge in [-0.2, -0.15) is 0 Å². The van der Waals surface area contributed by atoms with Crippen molar-refractivity contribution in [1.82, 2.24) is 14.9 Å². The zero-order valence-corrected chi connectivity index (χ0v) is 20.9. The van der Waals surface area contributed by atoms with E-state index in [0.29, 0.717) is 13.0 Å². The Morgan fingerprint density at radius 3 is 2.46 bits per heavy atom. The first-order valence-corrected chi connectivity index (χ1v) is 12.6. The van der Waals surface area contributed by atoms with Crippen molar-refractivity contribution in [3.63, 3.8) is 0 Å². The molecule has 1 N–H and O–H groups in total. The SMILES string of the molecule is Cc1ccc(Cn2cc([C@@H](CC(=O)NCCc3ccccn3)c3ccc(F)cc3)c3ccccc32)cc1. The number of benzene rings is 3. The molecule has 5 aromatic rings. The number of para-hydroxylation sites is 1. The Balaban J connectivity index is 1.44. The molecular formula is C32H30FN3O. The summed E-state index contributed by atoms with van der Waals surface area (Å²) in [7, 11) is 0. The van der Waals surface area contributed by atoms with Gasteiger partial charge in [-0.15, -0.1) is 0 Å². The van der Waals surface area contributed by atoms with Gasteiger partial charge in [-0.05, 0) is 53.9 Å². The fourth-order valence-electron chi connectivity index (χ4n) is 4.81. The molecule has 0 unspecified atom stereocenters. The monoisotopic (exact) mass is 491 g/mol. The van der Waals surface area contributed by atoms with Crippen LogP contribution in [-0.2, 0) is 17.8 Å². The van der Waals surface area contributed by atoms with Crippen LogP contribution in [0.15, 0.2) is 103 Å². The largest absolute Gasteiger partial charge is 0.356 e. The summed E-state index contributed by atoms with van der Waals surface area (Å²) in [5.41, 5.74) is 6.47. The predicted octanol–water partition coefficient (Wildman–Crippen LogP) is 6.41. The van der Waals surface area contributed by atoms with Crippen molar-refractivity contribution in [2.45, 2.75) is 32.2 Å². The van der Waals surface area contributed by atoms with Gasteiger partial charge in [0.05, 0.1) is 0 Å². The van der Waals surface area contributed by atoms with E-state index >= 15 is 0 Å². The molecule has 1 atom stereocenters. The minimum absolute atomic E-state index is 0.0411. The molecule has 0 aliphatic carbocycles. The Morgan fingerprint density at radius 2 is 1.70 bits per heavy atom. The van der Waals surface area contributed by atoms with E-state index in [2.05, 4.69) is 64.4 Å². The van der Waals surface area contributed by atoms with Gasteiger partial charge in [0, 0.05) is 60.8 Å². The maximum Gasteiger partial charge on any atom is 0.220 e. The number of hydrogen-bond acceptors (Lipinski definition) is 2. The van der Waals surface area contributed by atoms with Crippen LogP contribution < -0.4 is 5.32 Å². The number of amides is 1. The van der Waals surface area contributed by atoms with Crippen LogP contribution in [0.1, 0.15) is 40.3 Å². The highest BCUT2D eigenvalue weighted by molar-refractivity contribution is 5.86. The number of pyridine rings is 1. The van der Waals surface area contributed by atoms with Gasteiger partial charge in [-0.1, -0.05) is 66.2 Å². The zero-order chi connectivity index (χ0) is 25.6. The summed E-state index contributed by atoms with van der Waals surface area (Å²) >= 11 is 0. The molecule has 5 rings (SSSR count). The van der Waals surface area contributed by atoms with Gasteiger partial charge in [0.25, 0.3) is 0 Å². The highest BCUT2D eigenvalue weighted by Gasteiger charge is 2.23. The lowest BCUT2D eigenvalue weighted by atomic mass is 9.88. The van der Waals surface area contributed by atoms with Gasteiger partial charge in [0.1, 0.15) is 5.82 Å². The molecule has 0 saturated heterocycles. The van der Waals surface area contributed by atoms with E-state index in [1.54, 1.807) is 18.3 Å². The van der Waals surface area contributed by atoms with Crippen LogP contribution in [0.3, 0.4) is 0 Å². The van der Waals surface area contributed by atoms with E-state index < -0.39 is 0 Å². The van der Waals surface area contributed by atoms with E-state index in [1.807, 2.05) is 30.3 Å². The first-order chi connectivity index (χ1) is 18.1. The van der Waals surface area contributed by atoms with Crippen LogP contribution in [0, 0.1) is 12.7 Å². The van der Waals surface area contributed by atoms with Gasteiger partial charge in [-0.3, -0.25) is 9.78 Å². The Labute approximate surface area is 216 Å². The summed E-state index contributed by atoms with van der Waals surface area (Å²) in [5, 5.41) is 4.15. The smallest absolute Gasteiger partial charge is 0.220 e. The highest BCUT2D eigenvalue weighted by atomic mass is 19.1. The molecule has 4 nitrogen and oxygen atoms in total. The van der Waals surface area contributed by atoms with Gasteiger partial charge >= 0.3 is 0 Å². The van der Waals surface area contributed by atoms with Crippen LogP contribution in [0.5, 0.6) is 0 Å². The number of carbonyl (C=O) groups is 1. The average molecular weight is 492 g/mol. The molecule has 0 spiro atoms. The standard InChI is InChI=1S/C32H30FN3O/c1-23-9-11-24(12-10-23)21-36-22-30(28-7-2-3-8-31(28)36)29(25-13-15-26(33)16-14-25)20-32(37)35-19-17-27-6-4-5-18-34-27/h2-16,18,22,29H,17,19-21H2,1H3,(H,35,37)/t29-/m0/s1. The fourth-order valence-corrected chi connectivity index (χ4v) is 4.81. The lowest BCUT2D eigenvalue weighted by Crippen LogP contribution is -2.27. The molecule has 0 bridgehead atoms. The predicted molar refractivity (Wildman–Crippen MR) is 146 cm³/mol. The molecule has 0 fully saturated rings. The maximum absolute atomic E-state index is 13.8. The summed E-state index contributed by atoms with van der Waals surface area (Å²) < 4.78 is 16.0. The zero-order valence-electron chi connectivity index (χ0n) is 20.9. The van der Waals surface area contributed by atoms with Gasteiger partial charge in [-0.25, -0.2) is 4.39 Å². The number of halogens is 1. The fraction of sp³-hybridized carbons (Fsp3) is 0.188. The molecule has 0 aliphatic rings. The number of rotatable bonds is 9. The second kappa shape index (κ2) is 11.2. The van der Waals surface area contributed by atoms with E-state index in [-0.39, 0.29) is 24.1 Å². The number of fused-ring (bicyclic) bond motifs is 1. The van der Waals surface area contributed by atoms with Crippen molar-refractivity contribution >= 4 is 16.8 Å². The summed E-state index contributed by atoms with van der Waals surface area (Å²) in [4.78, 5) is 17.4. The van der Waals surface area contributed by atoms with Crippen molar-refractivity contribution in [2.24, 2.45) is 0 Å². The minimum Gasteiger partial charge on any atom is -0.356 e. The first kappa shape index (κ1) is 24.4. The molecule has 0 saturated carbocycles. The number of nitrogens with one attached hydrogen (secondary N) is 1. The molecule has 5 heteroatoms.